The molecule has 0 saturated heterocycles. The minimum atomic E-state index is 0.611. The van der Waals surface area contributed by atoms with E-state index in [-0.39, 0.29) is 0 Å². The van der Waals surface area contributed by atoms with Crippen LogP contribution < -0.4 is 0 Å². The lowest BCUT2D eigenvalue weighted by molar-refractivity contribution is 0.425. The van der Waals surface area contributed by atoms with Crippen molar-refractivity contribution in [1.82, 2.24) is 9.55 Å². The summed E-state index contributed by atoms with van der Waals surface area (Å²) in [5.74, 6) is 1.26. The van der Waals surface area contributed by atoms with E-state index in [1.165, 1.54) is 29.9 Å². The highest BCUT2D eigenvalue weighted by molar-refractivity contribution is 9.10. The van der Waals surface area contributed by atoms with Crippen molar-refractivity contribution in [2.45, 2.75) is 38.6 Å². The molecule has 3 rings (SSSR count). The molecule has 18 heavy (non-hydrogen) atoms. The standard InChI is InChI=1S/C15H17BrN2/c1-11-3-2-4-15-17-14(10-18(11)15)9-12-5-7-13(16)8-6-12/h5-8,10-11H,2-4,9H2,1H3. The summed E-state index contributed by atoms with van der Waals surface area (Å²) in [4.78, 5) is 4.77. The van der Waals surface area contributed by atoms with Crippen LogP contribution >= 0.6 is 15.9 Å². The minimum Gasteiger partial charge on any atom is -0.332 e. The van der Waals surface area contributed by atoms with Gasteiger partial charge in [-0.05, 0) is 37.5 Å². The van der Waals surface area contributed by atoms with Gasteiger partial charge in [-0.2, -0.15) is 0 Å². The van der Waals surface area contributed by atoms with E-state index in [0.717, 1.165) is 17.3 Å². The Labute approximate surface area is 116 Å². The van der Waals surface area contributed by atoms with E-state index in [1.807, 2.05) is 0 Å². The van der Waals surface area contributed by atoms with Crippen LogP contribution in [0.1, 0.15) is 42.9 Å². The lowest BCUT2D eigenvalue weighted by Crippen LogP contribution is -2.14. The Hall–Kier alpha value is -1.09. The molecule has 2 heterocycles. The van der Waals surface area contributed by atoms with Crippen LogP contribution in [0.5, 0.6) is 0 Å². The molecule has 0 bridgehead atoms. The highest BCUT2D eigenvalue weighted by atomic mass is 79.9. The van der Waals surface area contributed by atoms with Crippen LogP contribution in [0.15, 0.2) is 34.9 Å². The number of aryl methyl sites for hydroxylation is 1. The molecular weight excluding hydrogens is 288 g/mol. The van der Waals surface area contributed by atoms with Gasteiger partial charge in [0.1, 0.15) is 5.82 Å². The van der Waals surface area contributed by atoms with Crippen molar-refractivity contribution >= 4 is 15.9 Å². The summed E-state index contributed by atoms with van der Waals surface area (Å²) in [7, 11) is 0. The number of hydrogen-bond acceptors (Lipinski definition) is 1. The molecule has 1 aliphatic rings. The van der Waals surface area contributed by atoms with Gasteiger partial charge in [-0.15, -0.1) is 0 Å². The van der Waals surface area contributed by atoms with E-state index in [1.54, 1.807) is 0 Å². The number of rotatable bonds is 2. The maximum absolute atomic E-state index is 4.77. The Kier molecular flexibility index (Phi) is 3.25. The maximum atomic E-state index is 4.77. The maximum Gasteiger partial charge on any atom is 0.109 e. The van der Waals surface area contributed by atoms with Crippen molar-refractivity contribution in [1.29, 1.82) is 0 Å². The second kappa shape index (κ2) is 4.88. The number of benzene rings is 1. The van der Waals surface area contributed by atoms with Crippen LogP contribution in [0.2, 0.25) is 0 Å². The first-order valence-corrected chi connectivity index (χ1v) is 7.33. The number of hydrogen-bond donors (Lipinski definition) is 0. The van der Waals surface area contributed by atoms with Crippen molar-refractivity contribution in [2.75, 3.05) is 0 Å². The van der Waals surface area contributed by atoms with Gasteiger partial charge < -0.3 is 4.57 Å². The van der Waals surface area contributed by atoms with Gasteiger partial charge in [0, 0.05) is 29.6 Å². The fourth-order valence-corrected chi connectivity index (χ4v) is 2.91. The third-order valence-electron chi connectivity index (χ3n) is 3.65. The van der Waals surface area contributed by atoms with Crippen LogP contribution in [0.3, 0.4) is 0 Å². The Balaban J connectivity index is 1.83. The quantitative estimate of drug-likeness (QED) is 0.815. The molecule has 0 aliphatic carbocycles. The van der Waals surface area contributed by atoms with Crippen molar-refractivity contribution in [2.24, 2.45) is 0 Å². The minimum absolute atomic E-state index is 0.611. The Morgan fingerprint density at radius 3 is 2.83 bits per heavy atom. The molecule has 1 unspecified atom stereocenters. The zero-order chi connectivity index (χ0) is 12.5. The van der Waals surface area contributed by atoms with Gasteiger partial charge in [0.15, 0.2) is 0 Å². The van der Waals surface area contributed by atoms with Crippen LogP contribution in [0.4, 0.5) is 0 Å². The fourth-order valence-electron chi connectivity index (χ4n) is 2.65. The van der Waals surface area contributed by atoms with Gasteiger partial charge >= 0.3 is 0 Å². The molecule has 0 saturated carbocycles. The smallest absolute Gasteiger partial charge is 0.109 e. The monoisotopic (exact) mass is 304 g/mol. The van der Waals surface area contributed by atoms with Gasteiger partial charge in [-0.1, -0.05) is 28.1 Å². The van der Waals surface area contributed by atoms with Crippen molar-refractivity contribution in [3.63, 3.8) is 0 Å². The summed E-state index contributed by atoms with van der Waals surface area (Å²) < 4.78 is 3.49. The molecule has 2 nitrogen and oxygen atoms in total. The van der Waals surface area contributed by atoms with Gasteiger partial charge in [0.05, 0.1) is 5.69 Å². The Bertz CT molecular complexity index is 542. The normalized spacial score (nSPS) is 18.7. The highest BCUT2D eigenvalue weighted by Gasteiger charge is 2.17. The molecule has 94 valence electrons. The van der Waals surface area contributed by atoms with E-state index < -0.39 is 0 Å². The summed E-state index contributed by atoms with van der Waals surface area (Å²) in [5, 5.41) is 0. The van der Waals surface area contributed by atoms with Crippen molar-refractivity contribution in [3.05, 3.63) is 52.0 Å². The first-order chi connectivity index (χ1) is 8.72. The van der Waals surface area contributed by atoms with E-state index >= 15 is 0 Å². The number of aromatic nitrogens is 2. The van der Waals surface area contributed by atoms with Gasteiger partial charge in [0.25, 0.3) is 0 Å². The molecular formula is C15H17BrN2. The van der Waals surface area contributed by atoms with Gasteiger partial charge in [0.2, 0.25) is 0 Å². The molecule has 0 spiro atoms. The topological polar surface area (TPSA) is 17.8 Å². The van der Waals surface area contributed by atoms with Crippen LogP contribution in [0, 0.1) is 0 Å². The third kappa shape index (κ3) is 2.37. The van der Waals surface area contributed by atoms with E-state index in [4.69, 9.17) is 4.98 Å². The van der Waals surface area contributed by atoms with E-state index in [2.05, 4.69) is 57.9 Å². The summed E-state index contributed by atoms with van der Waals surface area (Å²) >= 11 is 3.47. The van der Waals surface area contributed by atoms with Crippen LogP contribution in [-0.2, 0) is 12.8 Å². The number of imidazole rings is 1. The number of halogens is 1. The molecule has 0 amide bonds. The second-order valence-electron chi connectivity index (χ2n) is 5.10. The fraction of sp³-hybridized carbons (Fsp3) is 0.400. The molecule has 2 aromatic rings. The molecule has 1 atom stereocenters. The zero-order valence-electron chi connectivity index (χ0n) is 10.6. The van der Waals surface area contributed by atoms with Gasteiger partial charge in [-0.25, -0.2) is 4.98 Å². The largest absolute Gasteiger partial charge is 0.332 e. The van der Waals surface area contributed by atoms with E-state index in [0.29, 0.717) is 6.04 Å². The van der Waals surface area contributed by atoms with Crippen LogP contribution in [0.25, 0.3) is 0 Å². The first-order valence-electron chi connectivity index (χ1n) is 6.53. The van der Waals surface area contributed by atoms with Crippen LogP contribution in [-0.4, -0.2) is 9.55 Å². The van der Waals surface area contributed by atoms with E-state index in [9.17, 15) is 0 Å². The molecule has 1 aliphatic heterocycles. The molecule has 1 aromatic heterocycles. The van der Waals surface area contributed by atoms with Crippen molar-refractivity contribution < 1.29 is 0 Å². The summed E-state index contributed by atoms with van der Waals surface area (Å²) in [6.45, 7) is 2.29. The average molecular weight is 305 g/mol. The lowest BCUT2D eigenvalue weighted by atomic mass is 10.1. The third-order valence-corrected chi connectivity index (χ3v) is 4.18. The lowest BCUT2D eigenvalue weighted by Gasteiger charge is -2.20. The second-order valence-corrected chi connectivity index (χ2v) is 6.02. The summed E-state index contributed by atoms with van der Waals surface area (Å²) in [5.41, 5.74) is 2.52. The number of nitrogens with zero attached hydrogens (tertiary/aromatic N) is 2. The summed E-state index contributed by atoms with van der Waals surface area (Å²) in [6.07, 6.45) is 6.85. The Morgan fingerprint density at radius 1 is 1.33 bits per heavy atom. The average Bonchev–Trinajstić information content (AvgIpc) is 2.76. The zero-order valence-corrected chi connectivity index (χ0v) is 12.2. The van der Waals surface area contributed by atoms with Crippen molar-refractivity contribution in [3.8, 4) is 0 Å². The van der Waals surface area contributed by atoms with Gasteiger partial charge in [-0.3, -0.25) is 0 Å². The SMILES string of the molecule is CC1CCCc2nc(Cc3ccc(Br)cc3)cn21. The molecule has 0 fully saturated rings. The first kappa shape index (κ1) is 12.0. The number of fused-ring (bicyclic) bond motifs is 1. The Morgan fingerprint density at radius 2 is 2.11 bits per heavy atom. The molecule has 1 aromatic carbocycles. The highest BCUT2D eigenvalue weighted by Crippen LogP contribution is 2.25. The molecule has 3 heteroatoms. The molecule has 0 radical (unpaired) electrons. The summed E-state index contributed by atoms with van der Waals surface area (Å²) in [6, 6.07) is 9.11. The predicted octanol–water partition coefficient (Wildman–Crippen LogP) is 4.13. The predicted molar refractivity (Wildman–Crippen MR) is 76.8 cm³/mol. The molecule has 0 N–H and O–H groups in total.